The normalized spacial score (nSPS) is 16.2. The summed E-state index contributed by atoms with van der Waals surface area (Å²) in [6.07, 6.45) is 5.38. The lowest BCUT2D eigenvalue weighted by Gasteiger charge is -2.35. The molecule has 0 radical (unpaired) electrons. The van der Waals surface area contributed by atoms with Crippen molar-refractivity contribution in [3.05, 3.63) is 82.5 Å². The maximum Gasteiger partial charge on any atom is 0.274 e. The fourth-order valence-corrected chi connectivity index (χ4v) is 3.99. The molecule has 1 aliphatic rings. The summed E-state index contributed by atoms with van der Waals surface area (Å²) in [5.41, 5.74) is 9.58. The third-order valence-corrected chi connectivity index (χ3v) is 5.97. The Hall–Kier alpha value is -3.26. The van der Waals surface area contributed by atoms with Gasteiger partial charge >= 0.3 is 0 Å². The van der Waals surface area contributed by atoms with Gasteiger partial charge in [0, 0.05) is 35.1 Å². The van der Waals surface area contributed by atoms with E-state index in [-0.39, 0.29) is 17.6 Å². The zero-order valence-corrected chi connectivity index (χ0v) is 18.5. The van der Waals surface area contributed by atoms with Crippen LogP contribution in [-0.4, -0.2) is 32.1 Å². The maximum atomic E-state index is 14.2. The second kappa shape index (κ2) is 8.47. The van der Waals surface area contributed by atoms with Crippen molar-refractivity contribution >= 4 is 33.9 Å². The molecule has 0 saturated heterocycles. The molecule has 1 unspecified atom stereocenters. The van der Waals surface area contributed by atoms with Crippen LogP contribution < -0.4 is 5.73 Å². The van der Waals surface area contributed by atoms with Crippen molar-refractivity contribution in [2.75, 3.05) is 12.3 Å². The molecule has 0 fully saturated rings. The van der Waals surface area contributed by atoms with E-state index in [1.807, 2.05) is 25.1 Å². The van der Waals surface area contributed by atoms with Crippen LogP contribution in [0.4, 0.5) is 10.2 Å². The number of nitrogens with zero attached hydrogens (tertiary/aromatic N) is 4. The number of aromatic nitrogens is 3. The summed E-state index contributed by atoms with van der Waals surface area (Å²) >= 11 is 3.33. The molecule has 158 valence electrons. The number of benzene rings is 1. The molecule has 1 atom stereocenters. The van der Waals surface area contributed by atoms with Crippen molar-refractivity contribution in [2.24, 2.45) is 0 Å². The van der Waals surface area contributed by atoms with E-state index >= 15 is 0 Å². The lowest BCUT2D eigenvalue weighted by molar-refractivity contribution is 0.0671. The Balaban J connectivity index is 1.65. The van der Waals surface area contributed by atoms with Crippen LogP contribution >= 0.6 is 15.9 Å². The molecule has 2 aromatic heterocycles. The number of allylic oxidation sites excluding steroid dienone is 2. The molecular weight excluding hydrogens is 461 g/mol. The highest BCUT2D eigenvalue weighted by molar-refractivity contribution is 9.12. The lowest BCUT2D eigenvalue weighted by atomic mass is 9.90. The summed E-state index contributed by atoms with van der Waals surface area (Å²) in [7, 11) is 0. The second-order valence-electron chi connectivity index (χ2n) is 7.30. The number of halogens is 2. The lowest BCUT2D eigenvalue weighted by Crippen LogP contribution is -2.39. The molecule has 6 nitrogen and oxygen atoms in total. The molecule has 2 N–H and O–H groups in total. The highest BCUT2D eigenvalue weighted by atomic mass is 79.9. The van der Waals surface area contributed by atoms with Gasteiger partial charge in [0.25, 0.3) is 5.91 Å². The van der Waals surface area contributed by atoms with Gasteiger partial charge in [0.2, 0.25) is 5.95 Å². The number of hydrogen-bond acceptors (Lipinski definition) is 4. The Labute approximate surface area is 188 Å². The van der Waals surface area contributed by atoms with Gasteiger partial charge in [-0.2, -0.15) is 9.49 Å². The monoisotopic (exact) mass is 481 g/mol. The molecule has 8 heteroatoms. The second-order valence-corrected chi connectivity index (χ2v) is 8.21. The summed E-state index contributed by atoms with van der Waals surface area (Å²) in [6, 6.07) is 10.6. The Morgan fingerprint density at radius 2 is 2.16 bits per heavy atom. The summed E-state index contributed by atoms with van der Waals surface area (Å²) in [5.74, 6) is -0.371. The molecule has 1 aromatic carbocycles. The van der Waals surface area contributed by atoms with Crippen LogP contribution in [0.3, 0.4) is 0 Å². The molecule has 0 aliphatic carbocycles. The number of anilines is 1. The van der Waals surface area contributed by atoms with Gasteiger partial charge in [-0.25, -0.2) is 9.67 Å². The van der Waals surface area contributed by atoms with Crippen molar-refractivity contribution in [1.29, 1.82) is 0 Å². The van der Waals surface area contributed by atoms with E-state index in [4.69, 9.17) is 5.73 Å². The summed E-state index contributed by atoms with van der Waals surface area (Å²) in [6.45, 7) is 6.20. The maximum absolute atomic E-state index is 14.2. The Kier molecular flexibility index (Phi) is 5.73. The fraction of sp³-hybridized carbons (Fsp3) is 0.174. The number of nitrogens with two attached hydrogens (primary N) is 1. The molecule has 3 aromatic rings. The van der Waals surface area contributed by atoms with Crippen molar-refractivity contribution in [3.63, 3.8) is 0 Å². The Bertz CT molecular complexity index is 1200. The average Bonchev–Trinajstić information content (AvgIpc) is 3.14. The first-order valence-corrected chi connectivity index (χ1v) is 10.6. The summed E-state index contributed by atoms with van der Waals surface area (Å²) in [5, 5.41) is 4.33. The van der Waals surface area contributed by atoms with Crippen LogP contribution in [-0.2, 0) is 6.42 Å². The van der Waals surface area contributed by atoms with Gasteiger partial charge in [-0.3, -0.25) is 4.79 Å². The molecule has 1 aliphatic heterocycles. The van der Waals surface area contributed by atoms with Gasteiger partial charge in [0.05, 0.1) is 6.04 Å². The van der Waals surface area contributed by atoms with Crippen LogP contribution in [0.25, 0.3) is 17.3 Å². The SMILES string of the molecule is C=C/C(Br)=C\n1nc(C(=O)N2CCc3ccc(-c4cccnc4F)cc3C2C)cc1N. The Morgan fingerprint density at radius 1 is 1.35 bits per heavy atom. The number of fused-ring (bicyclic) bond motifs is 1. The molecule has 1 amide bonds. The minimum Gasteiger partial charge on any atom is -0.384 e. The number of rotatable bonds is 4. The van der Waals surface area contributed by atoms with Crippen LogP contribution in [0.5, 0.6) is 0 Å². The third-order valence-electron chi connectivity index (χ3n) is 5.44. The van der Waals surface area contributed by atoms with E-state index in [9.17, 15) is 9.18 Å². The molecule has 3 heterocycles. The van der Waals surface area contributed by atoms with Gasteiger partial charge in [-0.1, -0.05) is 24.8 Å². The van der Waals surface area contributed by atoms with Gasteiger partial charge < -0.3 is 10.6 Å². The van der Waals surface area contributed by atoms with E-state index in [1.54, 1.807) is 35.4 Å². The number of nitrogen functional groups attached to an aromatic ring is 1. The quantitative estimate of drug-likeness (QED) is 0.428. The predicted molar refractivity (Wildman–Crippen MR) is 123 cm³/mol. The molecule has 0 spiro atoms. The van der Waals surface area contributed by atoms with E-state index in [0.717, 1.165) is 16.7 Å². The minimum atomic E-state index is -0.515. The van der Waals surface area contributed by atoms with Crippen LogP contribution in [0, 0.1) is 5.95 Å². The number of hydrogen-bond donors (Lipinski definition) is 1. The molecular formula is C23H21BrFN5O. The van der Waals surface area contributed by atoms with Crippen LogP contribution in [0.15, 0.2) is 59.7 Å². The van der Waals surface area contributed by atoms with E-state index < -0.39 is 5.95 Å². The van der Waals surface area contributed by atoms with E-state index in [0.29, 0.717) is 28.8 Å². The predicted octanol–water partition coefficient (Wildman–Crippen LogP) is 4.81. The van der Waals surface area contributed by atoms with Gasteiger partial charge in [0.15, 0.2) is 5.69 Å². The van der Waals surface area contributed by atoms with Crippen molar-refractivity contribution < 1.29 is 9.18 Å². The minimum absolute atomic E-state index is 0.197. The number of carbonyl (C=O) groups excluding carboxylic acids is 1. The topological polar surface area (TPSA) is 77.0 Å². The highest BCUT2D eigenvalue weighted by Crippen LogP contribution is 2.34. The van der Waals surface area contributed by atoms with Crippen molar-refractivity contribution in [2.45, 2.75) is 19.4 Å². The molecule has 0 saturated carbocycles. The zero-order chi connectivity index (χ0) is 22.1. The van der Waals surface area contributed by atoms with E-state index in [2.05, 4.69) is 32.6 Å². The van der Waals surface area contributed by atoms with Crippen molar-refractivity contribution in [1.82, 2.24) is 19.7 Å². The molecule has 31 heavy (non-hydrogen) atoms. The molecule has 4 rings (SSSR count). The largest absolute Gasteiger partial charge is 0.384 e. The number of pyridine rings is 1. The number of amides is 1. The van der Waals surface area contributed by atoms with Crippen molar-refractivity contribution in [3.8, 4) is 11.1 Å². The number of carbonyl (C=O) groups is 1. The molecule has 0 bridgehead atoms. The highest BCUT2D eigenvalue weighted by Gasteiger charge is 2.30. The standard InChI is InChI=1S/C23H21BrFN5O/c1-3-17(24)13-30-21(26)12-20(28-30)23(31)29-10-8-15-6-7-16(11-19(15)14(29)2)18-5-4-9-27-22(18)25/h3-7,9,11-14H,1,8,10,26H2,2H3/b17-13+. The smallest absolute Gasteiger partial charge is 0.274 e. The van der Waals surface area contributed by atoms with Crippen LogP contribution in [0.1, 0.15) is 34.6 Å². The van der Waals surface area contributed by atoms with Crippen LogP contribution in [0.2, 0.25) is 0 Å². The van der Waals surface area contributed by atoms with Gasteiger partial charge in [-0.15, -0.1) is 0 Å². The van der Waals surface area contributed by atoms with E-state index in [1.165, 1.54) is 10.9 Å². The fourth-order valence-electron chi connectivity index (χ4n) is 3.79. The first kappa shape index (κ1) is 21.0. The average molecular weight is 482 g/mol. The third kappa shape index (κ3) is 4.03. The first-order valence-electron chi connectivity index (χ1n) is 9.78. The summed E-state index contributed by atoms with van der Waals surface area (Å²) < 4.78 is 16.3. The first-order chi connectivity index (χ1) is 14.9. The Morgan fingerprint density at radius 3 is 2.90 bits per heavy atom. The van der Waals surface area contributed by atoms with Gasteiger partial charge in [-0.05, 0) is 64.2 Å². The zero-order valence-electron chi connectivity index (χ0n) is 16.9. The summed E-state index contributed by atoms with van der Waals surface area (Å²) in [4.78, 5) is 18.7. The van der Waals surface area contributed by atoms with Gasteiger partial charge in [0.1, 0.15) is 5.82 Å².